The van der Waals surface area contributed by atoms with E-state index < -0.39 is 6.10 Å². The van der Waals surface area contributed by atoms with Crippen molar-refractivity contribution in [3.05, 3.63) is 23.8 Å². The summed E-state index contributed by atoms with van der Waals surface area (Å²) in [4.78, 5) is 0. The normalized spacial score (nSPS) is 22.0. The highest BCUT2D eigenvalue weighted by atomic mass is 16.5. The molecule has 1 aromatic carbocycles. The van der Waals surface area contributed by atoms with E-state index in [0.29, 0.717) is 5.69 Å². The number of ether oxygens (including phenoxy) is 1. The second-order valence-electron chi connectivity index (χ2n) is 4.19. The average molecular weight is 222 g/mol. The average Bonchev–Trinajstić information content (AvgIpc) is 2.82. The number of aliphatic hydroxyl groups excluding tert-OH is 1. The molecule has 0 bridgehead atoms. The number of nitrogens with two attached hydrogens (primary N) is 1. The van der Waals surface area contributed by atoms with Gasteiger partial charge in [0.15, 0.2) is 0 Å². The van der Waals surface area contributed by atoms with Crippen LogP contribution in [0.1, 0.15) is 18.1 Å². The molecule has 1 fully saturated rings. The Hall–Kier alpha value is -1.26. The third kappa shape index (κ3) is 2.13. The summed E-state index contributed by atoms with van der Waals surface area (Å²) in [5, 5.41) is 13.5. The van der Waals surface area contributed by atoms with Gasteiger partial charge in [0.25, 0.3) is 0 Å². The molecule has 0 amide bonds. The number of hydrogen-bond acceptors (Lipinski definition) is 4. The lowest BCUT2D eigenvalue weighted by Gasteiger charge is -2.19. The number of methoxy groups -OCH3 is 1. The summed E-state index contributed by atoms with van der Waals surface area (Å²) in [7, 11) is 1.61. The van der Waals surface area contributed by atoms with Gasteiger partial charge in [-0.05, 0) is 31.2 Å². The molecule has 0 radical (unpaired) electrons. The third-order valence-electron chi connectivity index (χ3n) is 3.16. The molecule has 1 aromatic rings. The first-order valence-corrected chi connectivity index (χ1v) is 5.54. The van der Waals surface area contributed by atoms with Gasteiger partial charge in [-0.3, -0.25) is 0 Å². The van der Waals surface area contributed by atoms with Crippen LogP contribution in [-0.4, -0.2) is 25.3 Å². The van der Waals surface area contributed by atoms with Gasteiger partial charge >= 0.3 is 0 Å². The van der Waals surface area contributed by atoms with Gasteiger partial charge in [-0.1, -0.05) is 0 Å². The van der Waals surface area contributed by atoms with Gasteiger partial charge in [0.1, 0.15) is 5.75 Å². The van der Waals surface area contributed by atoms with Crippen LogP contribution >= 0.6 is 0 Å². The molecule has 0 spiro atoms. The van der Waals surface area contributed by atoms with Crippen molar-refractivity contribution in [2.24, 2.45) is 5.92 Å². The van der Waals surface area contributed by atoms with Gasteiger partial charge in [-0.15, -0.1) is 0 Å². The van der Waals surface area contributed by atoms with Crippen molar-refractivity contribution in [2.45, 2.75) is 12.5 Å². The van der Waals surface area contributed by atoms with E-state index in [-0.39, 0.29) is 5.92 Å². The van der Waals surface area contributed by atoms with Crippen molar-refractivity contribution in [1.29, 1.82) is 0 Å². The van der Waals surface area contributed by atoms with E-state index in [1.807, 2.05) is 6.07 Å². The lowest BCUT2D eigenvalue weighted by atomic mass is 9.94. The maximum absolute atomic E-state index is 10.2. The summed E-state index contributed by atoms with van der Waals surface area (Å²) < 4.78 is 5.14. The molecule has 16 heavy (non-hydrogen) atoms. The lowest BCUT2D eigenvalue weighted by Crippen LogP contribution is -2.17. The number of nitrogens with one attached hydrogen (secondary N) is 1. The van der Waals surface area contributed by atoms with Crippen LogP contribution in [0.2, 0.25) is 0 Å². The molecule has 1 saturated heterocycles. The van der Waals surface area contributed by atoms with E-state index in [9.17, 15) is 5.11 Å². The molecule has 2 unspecified atom stereocenters. The maximum atomic E-state index is 10.2. The van der Waals surface area contributed by atoms with Crippen LogP contribution in [0.3, 0.4) is 0 Å². The topological polar surface area (TPSA) is 67.5 Å². The van der Waals surface area contributed by atoms with Crippen LogP contribution in [0.5, 0.6) is 5.75 Å². The minimum Gasteiger partial charge on any atom is -0.497 e. The van der Waals surface area contributed by atoms with Crippen LogP contribution < -0.4 is 15.8 Å². The largest absolute Gasteiger partial charge is 0.497 e. The zero-order chi connectivity index (χ0) is 11.5. The quantitative estimate of drug-likeness (QED) is 0.665. The van der Waals surface area contributed by atoms with Crippen molar-refractivity contribution in [2.75, 3.05) is 25.9 Å². The summed E-state index contributed by atoms with van der Waals surface area (Å²) in [6, 6.07) is 5.40. The Balaban J connectivity index is 2.23. The predicted octanol–water partition coefficient (Wildman–Crippen LogP) is 0.920. The highest BCUT2D eigenvalue weighted by Gasteiger charge is 2.25. The molecular formula is C12H18N2O2. The molecular weight excluding hydrogens is 204 g/mol. The fourth-order valence-corrected chi connectivity index (χ4v) is 2.14. The van der Waals surface area contributed by atoms with Crippen LogP contribution in [0.15, 0.2) is 18.2 Å². The van der Waals surface area contributed by atoms with Crippen LogP contribution in [0.25, 0.3) is 0 Å². The van der Waals surface area contributed by atoms with Crippen LogP contribution in [-0.2, 0) is 0 Å². The summed E-state index contributed by atoms with van der Waals surface area (Å²) >= 11 is 0. The number of rotatable bonds is 3. The molecule has 88 valence electrons. The van der Waals surface area contributed by atoms with Gasteiger partial charge in [0.05, 0.1) is 13.2 Å². The summed E-state index contributed by atoms with van der Waals surface area (Å²) in [6.45, 7) is 1.81. The monoisotopic (exact) mass is 222 g/mol. The first-order valence-electron chi connectivity index (χ1n) is 5.54. The van der Waals surface area contributed by atoms with Crippen molar-refractivity contribution < 1.29 is 9.84 Å². The Bertz CT molecular complexity index is 362. The molecule has 0 aliphatic carbocycles. The highest BCUT2D eigenvalue weighted by molar-refractivity contribution is 5.51. The number of anilines is 1. The molecule has 1 aliphatic rings. The molecule has 1 aliphatic heterocycles. The standard InChI is InChI=1S/C12H18N2O2/c1-16-9-2-3-11(13)10(6-9)12(15)8-4-5-14-7-8/h2-3,6,8,12,14-15H,4-5,7,13H2,1H3. The Morgan fingerprint density at radius 2 is 2.38 bits per heavy atom. The van der Waals surface area contributed by atoms with E-state index in [0.717, 1.165) is 30.8 Å². The number of benzene rings is 1. The fraction of sp³-hybridized carbons (Fsp3) is 0.500. The smallest absolute Gasteiger partial charge is 0.119 e. The number of hydrogen-bond donors (Lipinski definition) is 3. The minimum atomic E-state index is -0.509. The Kier molecular flexibility index (Phi) is 3.31. The van der Waals surface area contributed by atoms with Crippen molar-refractivity contribution in [3.8, 4) is 5.75 Å². The lowest BCUT2D eigenvalue weighted by molar-refractivity contribution is 0.118. The Morgan fingerprint density at radius 3 is 3.00 bits per heavy atom. The Morgan fingerprint density at radius 1 is 1.56 bits per heavy atom. The molecule has 1 heterocycles. The molecule has 0 aromatic heterocycles. The highest BCUT2D eigenvalue weighted by Crippen LogP contribution is 2.32. The van der Waals surface area contributed by atoms with E-state index in [2.05, 4.69) is 5.32 Å². The Labute approximate surface area is 95.4 Å². The predicted molar refractivity (Wildman–Crippen MR) is 63.3 cm³/mol. The SMILES string of the molecule is COc1ccc(N)c(C(O)C2CCNC2)c1. The van der Waals surface area contributed by atoms with Gasteiger partial charge in [0.2, 0.25) is 0 Å². The van der Waals surface area contributed by atoms with Gasteiger partial charge < -0.3 is 20.9 Å². The first kappa shape index (κ1) is 11.2. The van der Waals surface area contributed by atoms with Crippen molar-refractivity contribution in [1.82, 2.24) is 5.32 Å². The van der Waals surface area contributed by atoms with Gasteiger partial charge in [-0.2, -0.15) is 0 Å². The van der Waals surface area contributed by atoms with E-state index in [1.54, 1.807) is 19.2 Å². The molecule has 2 rings (SSSR count). The molecule has 4 N–H and O–H groups in total. The van der Waals surface area contributed by atoms with Crippen LogP contribution in [0.4, 0.5) is 5.69 Å². The van der Waals surface area contributed by atoms with E-state index in [4.69, 9.17) is 10.5 Å². The second kappa shape index (κ2) is 4.72. The molecule has 0 saturated carbocycles. The van der Waals surface area contributed by atoms with Crippen LogP contribution in [0, 0.1) is 5.92 Å². The third-order valence-corrected chi connectivity index (χ3v) is 3.16. The number of aliphatic hydroxyl groups is 1. The summed E-state index contributed by atoms with van der Waals surface area (Å²) in [5.41, 5.74) is 7.27. The van der Waals surface area contributed by atoms with Gasteiger partial charge in [-0.25, -0.2) is 0 Å². The van der Waals surface area contributed by atoms with Crippen molar-refractivity contribution in [3.63, 3.8) is 0 Å². The maximum Gasteiger partial charge on any atom is 0.119 e. The number of nitrogen functional groups attached to an aromatic ring is 1. The first-order chi connectivity index (χ1) is 7.72. The van der Waals surface area contributed by atoms with E-state index >= 15 is 0 Å². The molecule has 2 atom stereocenters. The van der Waals surface area contributed by atoms with Gasteiger partial charge in [0, 0.05) is 23.7 Å². The summed E-state index contributed by atoms with van der Waals surface area (Å²) in [6.07, 6.45) is 0.475. The summed E-state index contributed by atoms with van der Waals surface area (Å²) in [5.74, 6) is 0.976. The minimum absolute atomic E-state index is 0.245. The molecule has 4 heteroatoms. The zero-order valence-electron chi connectivity index (χ0n) is 9.44. The second-order valence-corrected chi connectivity index (χ2v) is 4.19. The zero-order valence-corrected chi connectivity index (χ0v) is 9.44. The van der Waals surface area contributed by atoms with E-state index in [1.165, 1.54) is 0 Å². The molecule has 4 nitrogen and oxygen atoms in total. The fourth-order valence-electron chi connectivity index (χ4n) is 2.14. The van der Waals surface area contributed by atoms with Crippen molar-refractivity contribution >= 4 is 5.69 Å².